The van der Waals surface area contributed by atoms with Gasteiger partial charge in [0.2, 0.25) is 0 Å². The van der Waals surface area contributed by atoms with Gasteiger partial charge in [-0.25, -0.2) is 0 Å². The third-order valence-electron chi connectivity index (χ3n) is 5.82. The molecule has 4 rings (SSSR count). The van der Waals surface area contributed by atoms with Crippen molar-refractivity contribution in [1.82, 2.24) is 5.32 Å². The number of benzene rings is 3. The van der Waals surface area contributed by atoms with E-state index >= 15 is 0 Å². The van der Waals surface area contributed by atoms with Gasteiger partial charge in [0.15, 0.2) is 5.78 Å². The van der Waals surface area contributed by atoms with E-state index in [-0.39, 0.29) is 11.5 Å². The summed E-state index contributed by atoms with van der Waals surface area (Å²) in [5.74, 6) is -0.246. The second-order valence-corrected chi connectivity index (χ2v) is 8.94. The van der Waals surface area contributed by atoms with Crippen LogP contribution >= 0.6 is 0 Å². The molecule has 0 fully saturated rings. The van der Waals surface area contributed by atoms with E-state index in [0.29, 0.717) is 28.5 Å². The van der Waals surface area contributed by atoms with Gasteiger partial charge in [0.1, 0.15) is 11.5 Å². The molecular weight excluding hydrogens is 476 g/mol. The van der Waals surface area contributed by atoms with E-state index in [0.717, 1.165) is 5.56 Å². The fourth-order valence-corrected chi connectivity index (χ4v) is 3.63. The summed E-state index contributed by atoms with van der Waals surface area (Å²) >= 11 is 0. The standard InChI is InChI=1S/C32H28N2O4/c1-22(2)24-13-10-23(11-14-24)12-19-30(35)25-15-17-27(18-16-25)33-32(37)29(21-28-9-6-20-38-28)34-31(36)26-7-4-3-5-8-26/h3-22H,1-2H3,(H,33,37)(H,34,36)/b19-12+,29-21-. The number of hydrogen-bond donors (Lipinski definition) is 2. The predicted octanol–water partition coefficient (Wildman–Crippen LogP) is 6.71. The van der Waals surface area contributed by atoms with Crippen LogP contribution in [0.5, 0.6) is 0 Å². The Kier molecular flexibility index (Phi) is 8.46. The molecule has 0 aliphatic carbocycles. The molecule has 0 aliphatic rings. The lowest BCUT2D eigenvalue weighted by Gasteiger charge is -2.11. The summed E-state index contributed by atoms with van der Waals surface area (Å²) in [7, 11) is 0. The van der Waals surface area contributed by atoms with Gasteiger partial charge in [0.25, 0.3) is 11.8 Å². The molecule has 0 bridgehead atoms. The first-order valence-corrected chi connectivity index (χ1v) is 12.2. The quantitative estimate of drug-likeness (QED) is 0.196. The van der Waals surface area contributed by atoms with Gasteiger partial charge in [-0.15, -0.1) is 0 Å². The average Bonchev–Trinajstić information content (AvgIpc) is 3.45. The molecule has 190 valence electrons. The highest BCUT2D eigenvalue weighted by atomic mass is 16.3. The monoisotopic (exact) mass is 504 g/mol. The third-order valence-corrected chi connectivity index (χ3v) is 5.82. The number of anilines is 1. The third kappa shape index (κ3) is 7.04. The molecule has 1 heterocycles. The Morgan fingerprint density at radius 2 is 1.50 bits per heavy atom. The summed E-state index contributed by atoms with van der Waals surface area (Å²) in [5, 5.41) is 5.41. The van der Waals surface area contributed by atoms with Crippen LogP contribution in [-0.2, 0) is 4.79 Å². The molecule has 38 heavy (non-hydrogen) atoms. The SMILES string of the molecule is CC(C)c1ccc(/C=C/C(=O)c2ccc(NC(=O)/C(=C/c3ccco3)NC(=O)c3ccccc3)cc2)cc1. The van der Waals surface area contributed by atoms with Gasteiger partial charge in [-0.2, -0.15) is 0 Å². The van der Waals surface area contributed by atoms with E-state index in [2.05, 4.69) is 36.6 Å². The van der Waals surface area contributed by atoms with Crippen molar-refractivity contribution in [3.05, 3.63) is 137 Å². The molecule has 1 aromatic heterocycles. The van der Waals surface area contributed by atoms with E-state index in [1.54, 1.807) is 72.8 Å². The van der Waals surface area contributed by atoms with Crippen LogP contribution < -0.4 is 10.6 Å². The number of ketones is 1. The smallest absolute Gasteiger partial charge is 0.272 e. The maximum atomic E-state index is 13.0. The Labute approximate surface area is 221 Å². The second kappa shape index (κ2) is 12.3. The van der Waals surface area contributed by atoms with Crippen LogP contribution in [0.15, 0.2) is 113 Å². The maximum Gasteiger partial charge on any atom is 0.272 e. The fourth-order valence-electron chi connectivity index (χ4n) is 3.63. The van der Waals surface area contributed by atoms with Crippen molar-refractivity contribution in [1.29, 1.82) is 0 Å². The molecule has 0 unspecified atom stereocenters. The number of amides is 2. The van der Waals surface area contributed by atoms with Crippen molar-refractivity contribution < 1.29 is 18.8 Å². The number of hydrogen-bond acceptors (Lipinski definition) is 4. The molecular formula is C32H28N2O4. The van der Waals surface area contributed by atoms with Gasteiger partial charge >= 0.3 is 0 Å². The van der Waals surface area contributed by atoms with Crippen LogP contribution in [-0.4, -0.2) is 17.6 Å². The molecule has 6 heteroatoms. The van der Waals surface area contributed by atoms with Crippen molar-refractivity contribution in [2.45, 2.75) is 19.8 Å². The molecule has 0 spiro atoms. The molecule has 4 aromatic rings. The van der Waals surface area contributed by atoms with Gasteiger partial charge in [-0.1, -0.05) is 62.4 Å². The minimum Gasteiger partial charge on any atom is -0.465 e. The van der Waals surface area contributed by atoms with E-state index in [4.69, 9.17) is 4.42 Å². The molecule has 2 amide bonds. The Morgan fingerprint density at radius 1 is 0.789 bits per heavy atom. The number of furan rings is 1. The van der Waals surface area contributed by atoms with Crippen LogP contribution in [0.3, 0.4) is 0 Å². The van der Waals surface area contributed by atoms with E-state index in [1.807, 2.05) is 12.1 Å². The largest absolute Gasteiger partial charge is 0.465 e. The Morgan fingerprint density at radius 3 is 2.13 bits per heavy atom. The normalized spacial score (nSPS) is 11.5. The molecule has 0 saturated carbocycles. The summed E-state index contributed by atoms with van der Waals surface area (Å²) < 4.78 is 5.31. The van der Waals surface area contributed by atoms with Crippen molar-refractivity contribution in [2.75, 3.05) is 5.32 Å². The lowest BCUT2D eigenvalue weighted by Crippen LogP contribution is -2.30. The first-order valence-electron chi connectivity index (χ1n) is 12.2. The second-order valence-electron chi connectivity index (χ2n) is 8.94. The Bertz CT molecular complexity index is 1450. The fraction of sp³-hybridized carbons (Fsp3) is 0.0938. The topological polar surface area (TPSA) is 88.4 Å². The highest BCUT2D eigenvalue weighted by Crippen LogP contribution is 2.17. The molecule has 0 aliphatic heterocycles. The maximum absolute atomic E-state index is 13.0. The molecule has 2 N–H and O–H groups in total. The zero-order valence-corrected chi connectivity index (χ0v) is 21.2. The highest BCUT2D eigenvalue weighted by molar-refractivity contribution is 6.11. The minimum atomic E-state index is -0.533. The number of carbonyl (C=O) groups is 3. The number of carbonyl (C=O) groups excluding carboxylic acids is 3. The van der Waals surface area contributed by atoms with Crippen molar-refractivity contribution in [3.8, 4) is 0 Å². The molecule has 3 aromatic carbocycles. The summed E-state index contributed by atoms with van der Waals surface area (Å²) in [5.41, 5.74) is 3.58. The molecule has 0 radical (unpaired) electrons. The molecule has 0 saturated heterocycles. The Hall–Kier alpha value is -4.97. The van der Waals surface area contributed by atoms with Crippen LogP contribution in [0.25, 0.3) is 12.2 Å². The van der Waals surface area contributed by atoms with E-state index in [9.17, 15) is 14.4 Å². The van der Waals surface area contributed by atoms with Crippen LogP contribution in [0.1, 0.15) is 57.4 Å². The minimum absolute atomic E-state index is 0.0142. The summed E-state index contributed by atoms with van der Waals surface area (Å²) in [6, 6.07) is 26.6. The summed E-state index contributed by atoms with van der Waals surface area (Å²) in [4.78, 5) is 38.3. The number of allylic oxidation sites excluding steroid dienone is 1. The van der Waals surface area contributed by atoms with Gasteiger partial charge < -0.3 is 15.1 Å². The van der Waals surface area contributed by atoms with Gasteiger partial charge in [0, 0.05) is 22.9 Å². The van der Waals surface area contributed by atoms with Gasteiger partial charge in [-0.05, 0) is 71.7 Å². The zero-order chi connectivity index (χ0) is 26.9. The summed E-state index contributed by atoms with van der Waals surface area (Å²) in [6.07, 6.45) is 6.24. The van der Waals surface area contributed by atoms with E-state index in [1.165, 1.54) is 24.0 Å². The van der Waals surface area contributed by atoms with Gasteiger partial charge in [0.05, 0.1) is 6.26 Å². The van der Waals surface area contributed by atoms with Crippen molar-refractivity contribution in [2.24, 2.45) is 0 Å². The first kappa shape index (κ1) is 26.1. The van der Waals surface area contributed by atoms with Crippen LogP contribution in [0.4, 0.5) is 5.69 Å². The van der Waals surface area contributed by atoms with Crippen molar-refractivity contribution >= 4 is 35.4 Å². The first-order chi connectivity index (χ1) is 18.4. The molecule has 0 atom stereocenters. The lowest BCUT2D eigenvalue weighted by molar-refractivity contribution is -0.113. The van der Waals surface area contributed by atoms with Crippen LogP contribution in [0, 0.1) is 0 Å². The van der Waals surface area contributed by atoms with E-state index < -0.39 is 11.8 Å². The Balaban J connectivity index is 1.43. The van der Waals surface area contributed by atoms with Crippen molar-refractivity contribution in [3.63, 3.8) is 0 Å². The average molecular weight is 505 g/mol. The molecule has 6 nitrogen and oxygen atoms in total. The zero-order valence-electron chi connectivity index (χ0n) is 21.2. The summed E-state index contributed by atoms with van der Waals surface area (Å²) in [6.45, 7) is 4.27. The number of nitrogens with one attached hydrogen (secondary N) is 2. The van der Waals surface area contributed by atoms with Gasteiger partial charge in [-0.3, -0.25) is 14.4 Å². The predicted molar refractivity (Wildman–Crippen MR) is 150 cm³/mol. The number of rotatable bonds is 9. The van der Waals surface area contributed by atoms with Crippen LogP contribution in [0.2, 0.25) is 0 Å². The lowest BCUT2D eigenvalue weighted by atomic mass is 10.0. The highest BCUT2D eigenvalue weighted by Gasteiger charge is 2.16.